The first-order chi connectivity index (χ1) is 25.4. The van der Waals surface area contributed by atoms with Gasteiger partial charge in [-0.1, -0.05) is 32.1 Å². The molecule has 1 aromatic carbocycles. The van der Waals surface area contributed by atoms with Crippen molar-refractivity contribution in [2.24, 2.45) is 5.92 Å². The molecule has 3 heterocycles. The van der Waals surface area contributed by atoms with E-state index in [9.17, 15) is 45.3 Å². The first-order valence-corrected chi connectivity index (χ1v) is 18.0. The number of aliphatic carboxylic acids is 1. The molecule has 1 aliphatic carbocycles. The van der Waals surface area contributed by atoms with Crippen LogP contribution in [-0.2, 0) is 38.0 Å². The van der Waals surface area contributed by atoms with Gasteiger partial charge in [-0.2, -0.15) is 0 Å². The number of aliphatic hydroxyl groups excluding tert-OH is 6. The molecule has 5 rings (SSSR count). The van der Waals surface area contributed by atoms with Crippen molar-refractivity contribution < 1.29 is 113 Å². The fraction of sp³-hybridized carbons (Fsp3) is 0.771. The van der Waals surface area contributed by atoms with Crippen molar-refractivity contribution in [2.75, 3.05) is 32.8 Å². The summed E-state index contributed by atoms with van der Waals surface area (Å²) in [6.45, 7) is 0.615. The molecule has 18 nitrogen and oxygen atoms in total. The second-order valence-corrected chi connectivity index (χ2v) is 14.0. The third kappa shape index (κ3) is 10.6. The number of benzene rings is 1. The third-order valence-electron chi connectivity index (χ3n) is 10.4. The molecular weight excluding hydrogens is 729 g/mol. The molecule has 0 spiro atoms. The quantitative estimate of drug-likeness (QED) is 0.0871. The molecule has 54 heavy (non-hydrogen) atoms. The summed E-state index contributed by atoms with van der Waals surface area (Å²) in [6, 6.07) is 4.64. The molecule has 7 N–H and O–H groups in total. The molecule has 3 saturated heterocycles. The molecule has 300 valence electrons. The number of ether oxygens (including phenoxy) is 8. The number of hydrogen-bond acceptors (Lipinski definition) is 17. The van der Waals surface area contributed by atoms with E-state index in [1.54, 1.807) is 12.1 Å². The van der Waals surface area contributed by atoms with E-state index >= 15 is 0 Å². The van der Waals surface area contributed by atoms with Gasteiger partial charge in [-0.25, -0.2) is 0 Å². The minimum atomic E-state index is -1.81. The van der Waals surface area contributed by atoms with Crippen LogP contribution in [0.1, 0.15) is 51.9 Å². The van der Waals surface area contributed by atoms with Crippen LogP contribution in [0.4, 0.5) is 5.69 Å². The monoisotopic (exact) mass is 781 g/mol. The Morgan fingerprint density at radius 2 is 1.56 bits per heavy atom. The summed E-state index contributed by atoms with van der Waals surface area (Å²) in [6.07, 6.45) is -16.5. The molecule has 1 aromatic rings. The van der Waals surface area contributed by atoms with Gasteiger partial charge in [-0.3, -0.25) is 4.79 Å². The number of hydrogen-bond donors (Lipinski definition) is 7. The molecular formula is C35H52NNaO17. The Kier molecular flexibility index (Phi) is 17.2. The molecule has 19 heteroatoms. The van der Waals surface area contributed by atoms with Crippen molar-refractivity contribution in [3.05, 3.63) is 18.2 Å². The number of methoxy groups -OCH3 is 2. The summed E-state index contributed by atoms with van der Waals surface area (Å²) >= 11 is 0. The van der Waals surface area contributed by atoms with Crippen molar-refractivity contribution in [2.45, 2.75) is 138 Å². The van der Waals surface area contributed by atoms with Crippen LogP contribution in [0.15, 0.2) is 18.2 Å². The second kappa shape index (κ2) is 20.6. The first-order valence-electron chi connectivity index (χ1n) is 18.0. The van der Waals surface area contributed by atoms with Crippen LogP contribution in [0.5, 0.6) is 11.5 Å². The number of anilines is 1. The fourth-order valence-corrected chi connectivity index (χ4v) is 7.32. The van der Waals surface area contributed by atoms with Gasteiger partial charge in [0, 0.05) is 11.8 Å². The Morgan fingerprint density at radius 3 is 2.20 bits per heavy atom. The minimum Gasteiger partial charge on any atom is -0.547 e. The Hall–Kier alpha value is -1.72. The van der Waals surface area contributed by atoms with Crippen LogP contribution >= 0.6 is 0 Å². The molecule has 3 aliphatic heterocycles. The molecule has 0 radical (unpaired) electrons. The first kappa shape index (κ1) is 45.0. The number of carbonyl (C=O) groups excluding carboxylic acids is 2. The average molecular weight is 782 g/mol. The van der Waals surface area contributed by atoms with Gasteiger partial charge in [0.05, 0.1) is 51.7 Å². The van der Waals surface area contributed by atoms with E-state index in [-0.39, 0.29) is 54.9 Å². The van der Waals surface area contributed by atoms with Crippen LogP contribution in [0.25, 0.3) is 0 Å². The zero-order chi connectivity index (χ0) is 38.4. The topological polar surface area (TPSA) is 264 Å². The minimum absolute atomic E-state index is 0. The van der Waals surface area contributed by atoms with Crippen molar-refractivity contribution in [3.63, 3.8) is 0 Å². The molecule has 1 saturated carbocycles. The maximum absolute atomic E-state index is 13.8. The van der Waals surface area contributed by atoms with Gasteiger partial charge in [0.25, 0.3) is 5.91 Å². The molecule has 4 fully saturated rings. The van der Waals surface area contributed by atoms with E-state index < -0.39 is 104 Å². The molecule has 4 aliphatic rings. The smallest absolute Gasteiger partial charge is 0.547 e. The largest absolute Gasteiger partial charge is 1.00 e. The van der Waals surface area contributed by atoms with E-state index in [0.717, 1.165) is 32.1 Å². The van der Waals surface area contributed by atoms with Crippen LogP contribution in [0.3, 0.4) is 0 Å². The summed E-state index contributed by atoms with van der Waals surface area (Å²) in [7, 11) is 2.88. The van der Waals surface area contributed by atoms with E-state index in [1.165, 1.54) is 27.2 Å². The van der Waals surface area contributed by atoms with Crippen molar-refractivity contribution in [1.82, 2.24) is 0 Å². The van der Waals surface area contributed by atoms with E-state index in [0.29, 0.717) is 17.2 Å². The predicted molar refractivity (Wildman–Crippen MR) is 177 cm³/mol. The molecule has 0 unspecified atom stereocenters. The summed E-state index contributed by atoms with van der Waals surface area (Å²) in [5.74, 6) is -1.47. The van der Waals surface area contributed by atoms with Gasteiger partial charge in [-0.05, 0) is 37.8 Å². The van der Waals surface area contributed by atoms with Gasteiger partial charge in [-0.15, -0.1) is 0 Å². The van der Waals surface area contributed by atoms with Gasteiger partial charge in [0.2, 0.25) is 0 Å². The van der Waals surface area contributed by atoms with Crippen molar-refractivity contribution in [3.8, 4) is 11.5 Å². The van der Waals surface area contributed by atoms with Crippen LogP contribution in [0.2, 0.25) is 0 Å². The van der Waals surface area contributed by atoms with Gasteiger partial charge in [0.15, 0.2) is 30.2 Å². The number of carboxylic acids is 1. The SMILES string of the molecule is COc1ccc(NC(=O)[C@H]2OCC[C@@H](O[C@@H]3O[C@H](CO)[C@H](O)[C@H](O[C@@H](CC4CCCCC4)C(=O)[O-])[C@H]3O)[C@@H]2O[C@@H]2O[C@@H](C)[C@@H](O)[C@@H](O)[C@@H]2O)cc1OC.[Na+]. The molecule has 0 bridgehead atoms. The third-order valence-corrected chi connectivity index (χ3v) is 10.4. The zero-order valence-corrected chi connectivity index (χ0v) is 32.9. The Morgan fingerprint density at radius 1 is 0.870 bits per heavy atom. The molecule has 14 atom stereocenters. The molecule has 1 amide bonds. The normalized spacial score (nSPS) is 36.7. The van der Waals surface area contributed by atoms with E-state index in [1.807, 2.05) is 0 Å². The number of aliphatic hydroxyl groups is 6. The van der Waals surface area contributed by atoms with Crippen molar-refractivity contribution in [1.29, 1.82) is 0 Å². The van der Waals surface area contributed by atoms with Crippen molar-refractivity contribution >= 4 is 17.6 Å². The Balaban J connectivity index is 0.00000650. The Bertz CT molecular complexity index is 1350. The molecule has 0 aromatic heterocycles. The van der Waals surface area contributed by atoms with Gasteiger partial charge >= 0.3 is 29.6 Å². The summed E-state index contributed by atoms with van der Waals surface area (Å²) in [5, 5.41) is 79.0. The van der Waals surface area contributed by atoms with E-state index in [4.69, 9.17) is 37.9 Å². The Labute approximate surface area is 335 Å². The fourth-order valence-electron chi connectivity index (χ4n) is 7.32. The number of amides is 1. The standard InChI is InChI=1S/C35H53NO17.Na/c1-16-24(38)26(40)27(41)34(49-16)53-29-20(11-12-48-31(29)32(43)36-18-9-10-19(46-2)21(14-18)47-3)51-35-28(42)30(25(39)23(15-37)52-35)50-22(33(44)45)13-17-7-5-4-6-8-17;/h9-10,14,16-17,20,22-31,34-35,37-42H,4-8,11-13,15H2,1-3H3,(H,36,43)(H,44,45);/q;+1/p-1/t16-,20+,22-,23+,24+,25-,26+,27-,28+,29-,30-,31-,34-,35+;/m0./s1. The number of rotatable bonds is 14. The van der Waals surface area contributed by atoms with E-state index in [2.05, 4.69) is 5.32 Å². The summed E-state index contributed by atoms with van der Waals surface area (Å²) < 4.78 is 46.0. The average Bonchev–Trinajstić information content (AvgIpc) is 3.15. The second-order valence-electron chi connectivity index (χ2n) is 14.0. The van der Waals surface area contributed by atoms with Gasteiger partial charge < -0.3 is 83.8 Å². The van der Waals surface area contributed by atoms with Crippen LogP contribution in [-0.4, -0.2) is 156 Å². The number of carbonyl (C=O) groups is 2. The summed E-state index contributed by atoms with van der Waals surface area (Å²) in [4.78, 5) is 26.0. The summed E-state index contributed by atoms with van der Waals surface area (Å²) in [5.41, 5.74) is 0.292. The number of carboxylic acid groups (broad SMARTS) is 1. The maximum Gasteiger partial charge on any atom is 1.00 e. The predicted octanol–water partition coefficient (Wildman–Crippen LogP) is -5.05. The van der Waals surface area contributed by atoms with Crippen LogP contribution in [0, 0.1) is 5.92 Å². The zero-order valence-electron chi connectivity index (χ0n) is 30.9. The van der Waals surface area contributed by atoms with Gasteiger partial charge in [0.1, 0.15) is 48.8 Å². The number of nitrogens with one attached hydrogen (secondary N) is 1. The van der Waals surface area contributed by atoms with Crippen LogP contribution < -0.4 is 49.5 Å². The maximum atomic E-state index is 13.8.